The maximum absolute atomic E-state index is 14.9. The fourth-order valence-electron chi connectivity index (χ4n) is 3.68. The van der Waals surface area contributed by atoms with Gasteiger partial charge in [0.15, 0.2) is 17.5 Å². The molecule has 1 aliphatic carbocycles. The Labute approximate surface area is 200 Å². The number of pyridine rings is 2. The molecule has 1 aliphatic rings. The summed E-state index contributed by atoms with van der Waals surface area (Å²) in [6.45, 7) is 11.1. The van der Waals surface area contributed by atoms with Crippen LogP contribution in [0.15, 0.2) is 24.5 Å². The molecule has 9 heteroatoms. The summed E-state index contributed by atoms with van der Waals surface area (Å²) in [7, 11) is 0. The maximum atomic E-state index is 14.9. The smallest absolute Gasteiger partial charge is 0.407 e. The first-order valence-electron chi connectivity index (χ1n) is 11.6. The number of alkyl carbamates (subject to hydrolysis) is 1. The SMILES string of the molecule is CC(C)[C@@H](Nc1nc(Nc2cncc(C3CC3)c2)c(C#N)cc1F)[C@H](C)NC(=O)OC(C)(C)C. The highest BCUT2D eigenvalue weighted by molar-refractivity contribution is 5.68. The standard InChI is InChI=1S/C25H33FN6O2/c1-14(2)21(15(3)29-24(33)34-25(4,5)6)31-23-20(26)10-17(11-27)22(32-23)30-19-9-18(12-28-13-19)16-7-8-16/h9-10,12-16,21H,7-8H2,1-6H3,(H,29,33)(H2,30,31,32)/t15-,21+/m0/s1. The van der Waals surface area contributed by atoms with Gasteiger partial charge < -0.3 is 20.7 Å². The fraction of sp³-hybridized carbons (Fsp3) is 0.520. The zero-order valence-corrected chi connectivity index (χ0v) is 20.6. The molecule has 34 heavy (non-hydrogen) atoms. The van der Waals surface area contributed by atoms with Gasteiger partial charge in [-0.1, -0.05) is 13.8 Å². The van der Waals surface area contributed by atoms with E-state index in [1.54, 1.807) is 27.0 Å². The number of hydrogen-bond donors (Lipinski definition) is 3. The number of halogens is 1. The Bertz CT molecular complexity index is 1070. The molecule has 2 atom stereocenters. The van der Waals surface area contributed by atoms with Crippen LogP contribution in [0.2, 0.25) is 0 Å². The predicted octanol–water partition coefficient (Wildman–Crippen LogP) is 5.46. The van der Waals surface area contributed by atoms with Crippen LogP contribution in [-0.4, -0.2) is 33.7 Å². The van der Waals surface area contributed by atoms with Crippen molar-refractivity contribution < 1.29 is 13.9 Å². The van der Waals surface area contributed by atoms with Gasteiger partial charge in [-0.15, -0.1) is 0 Å². The van der Waals surface area contributed by atoms with E-state index in [4.69, 9.17) is 4.74 Å². The molecular weight excluding hydrogens is 435 g/mol. The lowest BCUT2D eigenvalue weighted by atomic mass is 9.97. The quantitative estimate of drug-likeness (QED) is 0.472. The minimum atomic E-state index is -0.651. The molecule has 0 unspecified atom stereocenters. The number of nitrogens with zero attached hydrogens (tertiary/aromatic N) is 3. The Kier molecular flexibility index (Phi) is 7.60. The Morgan fingerprint density at radius 2 is 1.91 bits per heavy atom. The van der Waals surface area contributed by atoms with Crippen LogP contribution in [0, 0.1) is 23.1 Å². The van der Waals surface area contributed by atoms with Crippen molar-refractivity contribution in [1.29, 1.82) is 5.26 Å². The number of hydrogen-bond acceptors (Lipinski definition) is 7. The third-order valence-electron chi connectivity index (χ3n) is 5.47. The molecule has 0 radical (unpaired) electrons. The molecule has 1 saturated carbocycles. The van der Waals surface area contributed by atoms with Gasteiger partial charge in [-0.25, -0.2) is 14.2 Å². The van der Waals surface area contributed by atoms with Gasteiger partial charge in [-0.05, 0) is 70.1 Å². The number of rotatable bonds is 8. The molecule has 182 valence electrons. The summed E-state index contributed by atoms with van der Waals surface area (Å²) in [6, 6.07) is 4.39. The Morgan fingerprint density at radius 3 is 2.50 bits per heavy atom. The van der Waals surface area contributed by atoms with Crippen LogP contribution in [0.5, 0.6) is 0 Å². The molecule has 2 aromatic heterocycles. The zero-order chi connectivity index (χ0) is 25.0. The topological polar surface area (TPSA) is 112 Å². The molecule has 0 aromatic carbocycles. The zero-order valence-electron chi connectivity index (χ0n) is 20.6. The highest BCUT2D eigenvalue weighted by Gasteiger charge is 2.27. The molecule has 3 rings (SSSR count). The molecule has 8 nitrogen and oxygen atoms in total. The number of anilines is 3. The number of aromatic nitrogens is 2. The summed E-state index contributed by atoms with van der Waals surface area (Å²) >= 11 is 0. The van der Waals surface area contributed by atoms with Crippen LogP contribution >= 0.6 is 0 Å². The minimum absolute atomic E-state index is 0.00987. The van der Waals surface area contributed by atoms with E-state index in [-0.39, 0.29) is 35.2 Å². The first kappa shape index (κ1) is 25.2. The number of carbonyl (C=O) groups excluding carboxylic acids is 1. The second-order valence-electron chi connectivity index (χ2n) is 10.1. The molecule has 0 bridgehead atoms. The van der Waals surface area contributed by atoms with Crippen LogP contribution in [0.4, 0.5) is 26.5 Å². The normalized spacial score (nSPS) is 15.3. The van der Waals surface area contributed by atoms with Gasteiger partial charge >= 0.3 is 6.09 Å². The first-order valence-corrected chi connectivity index (χ1v) is 11.6. The summed E-state index contributed by atoms with van der Waals surface area (Å²) in [6.07, 6.45) is 5.22. The molecule has 1 fully saturated rings. The van der Waals surface area contributed by atoms with E-state index in [1.165, 1.54) is 0 Å². The van der Waals surface area contributed by atoms with E-state index in [9.17, 15) is 14.4 Å². The molecule has 3 N–H and O–H groups in total. The number of nitriles is 1. The summed E-state index contributed by atoms with van der Waals surface area (Å²) in [4.78, 5) is 20.9. The minimum Gasteiger partial charge on any atom is -0.444 e. The molecule has 0 aliphatic heterocycles. The highest BCUT2D eigenvalue weighted by Crippen LogP contribution is 2.40. The van der Waals surface area contributed by atoms with Crippen LogP contribution in [-0.2, 0) is 4.74 Å². The van der Waals surface area contributed by atoms with Crippen LogP contribution in [0.25, 0.3) is 0 Å². The van der Waals surface area contributed by atoms with Crippen molar-refractivity contribution in [3.8, 4) is 6.07 Å². The lowest BCUT2D eigenvalue weighted by molar-refractivity contribution is 0.0500. The third-order valence-corrected chi connectivity index (χ3v) is 5.47. The number of ether oxygens (including phenoxy) is 1. The second kappa shape index (κ2) is 10.2. The second-order valence-corrected chi connectivity index (χ2v) is 10.1. The lowest BCUT2D eigenvalue weighted by Crippen LogP contribution is -2.49. The molecule has 0 saturated heterocycles. The average Bonchev–Trinajstić information content (AvgIpc) is 3.57. The summed E-state index contributed by atoms with van der Waals surface area (Å²) in [5, 5.41) is 18.5. The lowest BCUT2D eigenvalue weighted by Gasteiger charge is -2.31. The van der Waals surface area contributed by atoms with Crippen LogP contribution in [0.3, 0.4) is 0 Å². The number of carbonyl (C=O) groups is 1. The van der Waals surface area contributed by atoms with Gasteiger partial charge in [0, 0.05) is 18.3 Å². The molecular formula is C25H33FN6O2. The van der Waals surface area contributed by atoms with E-state index in [1.807, 2.05) is 39.1 Å². The van der Waals surface area contributed by atoms with Gasteiger partial charge in [-0.2, -0.15) is 5.26 Å². The van der Waals surface area contributed by atoms with Crippen molar-refractivity contribution in [3.63, 3.8) is 0 Å². The van der Waals surface area contributed by atoms with Crippen LogP contribution in [0.1, 0.15) is 71.4 Å². The maximum Gasteiger partial charge on any atom is 0.407 e. The van der Waals surface area contributed by atoms with Gasteiger partial charge in [-0.3, -0.25) is 4.98 Å². The van der Waals surface area contributed by atoms with Gasteiger partial charge in [0.05, 0.1) is 17.4 Å². The monoisotopic (exact) mass is 468 g/mol. The van der Waals surface area contributed by atoms with Gasteiger partial charge in [0.25, 0.3) is 0 Å². The van der Waals surface area contributed by atoms with Gasteiger partial charge in [0.2, 0.25) is 0 Å². The molecule has 0 spiro atoms. The van der Waals surface area contributed by atoms with Crippen molar-refractivity contribution in [1.82, 2.24) is 15.3 Å². The summed E-state index contributed by atoms with van der Waals surface area (Å²) in [5.41, 5.74) is 1.27. The van der Waals surface area contributed by atoms with Crippen molar-refractivity contribution in [2.75, 3.05) is 10.6 Å². The first-order chi connectivity index (χ1) is 16.0. The Hall–Kier alpha value is -3.41. The van der Waals surface area contributed by atoms with Crippen LogP contribution < -0.4 is 16.0 Å². The molecule has 1 amide bonds. The fourth-order valence-corrected chi connectivity index (χ4v) is 3.68. The van der Waals surface area contributed by atoms with E-state index in [0.29, 0.717) is 11.6 Å². The van der Waals surface area contributed by atoms with E-state index in [0.717, 1.165) is 24.5 Å². The van der Waals surface area contributed by atoms with E-state index >= 15 is 0 Å². The van der Waals surface area contributed by atoms with E-state index < -0.39 is 17.5 Å². The molecule has 2 aromatic rings. The van der Waals surface area contributed by atoms with Crippen molar-refractivity contribution in [2.24, 2.45) is 5.92 Å². The van der Waals surface area contributed by atoms with Crippen molar-refractivity contribution >= 4 is 23.4 Å². The average molecular weight is 469 g/mol. The highest BCUT2D eigenvalue weighted by atomic mass is 19.1. The Morgan fingerprint density at radius 1 is 1.21 bits per heavy atom. The number of nitrogens with one attached hydrogen (secondary N) is 3. The number of amides is 1. The summed E-state index contributed by atoms with van der Waals surface area (Å²) < 4.78 is 20.2. The largest absolute Gasteiger partial charge is 0.444 e. The predicted molar refractivity (Wildman–Crippen MR) is 129 cm³/mol. The van der Waals surface area contributed by atoms with Gasteiger partial charge in [0.1, 0.15) is 11.7 Å². The Balaban J connectivity index is 1.81. The molecule has 2 heterocycles. The summed E-state index contributed by atoms with van der Waals surface area (Å²) in [5.74, 6) is 0.120. The van der Waals surface area contributed by atoms with E-state index in [2.05, 4.69) is 25.9 Å². The van der Waals surface area contributed by atoms with Crippen molar-refractivity contribution in [3.05, 3.63) is 41.5 Å². The third kappa shape index (κ3) is 6.80. The van der Waals surface area contributed by atoms with Crippen molar-refractivity contribution in [2.45, 2.75) is 78.0 Å².